The van der Waals surface area contributed by atoms with E-state index in [2.05, 4.69) is 0 Å². The summed E-state index contributed by atoms with van der Waals surface area (Å²) in [7, 11) is 0. The highest BCUT2D eigenvalue weighted by Crippen LogP contribution is 2.30. The molecule has 0 aromatic rings. The number of hydrogen-bond donors (Lipinski definition) is 1. The van der Waals surface area contributed by atoms with Crippen molar-refractivity contribution in [3.05, 3.63) is 0 Å². The first-order chi connectivity index (χ1) is 8.51. The van der Waals surface area contributed by atoms with Gasteiger partial charge in [-0.05, 0) is 25.7 Å². The third kappa shape index (κ3) is 4.27. The van der Waals surface area contributed by atoms with E-state index in [0.29, 0.717) is 12.3 Å². The predicted molar refractivity (Wildman–Crippen MR) is 72.0 cm³/mol. The molecule has 0 aliphatic heterocycles. The summed E-state index contributed by atoms with van der Waals surface area (Å²) in [5.41, 5.74) is -0.451. The summed E-state index contributed by atoms with van der Waals surface area (Å²) in [6.45, 7) is 5.87. The van der Waals surface area contributed by atoms with Gasteiger partial charge < -0.3 is 9.84 Å². The second-order valence-corrected chi connectivity index (χ2v) is 5.87. The molecule has 106 valence electrons. The van der Waals surface area contributed by atoms with E-state index in [1.165, 1.54) is 19.3 Å². The van der Waals surface area contributed by atoms with Crippen molar-refractivity contribution in [2.75, 3.05) is 0 Å². The quantitative estimate of drug-likeness (QED) is 0.583. The zero-order chi connectivity index (χ0) is 13.6. The summed E-state index contributed by atoms with van der Waals surface area (Å²) in [4.78, 5) is 12.0. The van der Waals surface area contributed by atoms with Crippen LogP contribution < -0.4 is 0 Å². The van der Waals surface area contributed by atoms with E-state index in [1.54, 1.807) is 0 Å². The largest absolute Gasteiger partial charge is 0.436 e. The molecule has 0 spiro atoms. The molecule has 0 aromatic carbocycles. The maximum Gasteiger partial charge on any atom is 0.314 e. The number of aliphatic hydroxyl groups is 1. The van der Waals surface area contributed by atoms with Gasteiger partial charge >= 0.3 is 5.97 Å². The average molecular weight is 256 g/mol. The lowest BCUT2D eigenvalue weighted by Gasteiger charge is -2.28. The molecule has 1 aliphatic carbocycles. The smallest absolute Gasteiger partial charge is 0.314 e. The van der Waals surface area contributed by atoms with E-state index in [4.69, 9.17) is 4.74 Å². The summed E-state index contributed by atoms with van der Waals surface area (Å²) in [5, 5.41) is 9.88. The molecule has 1 aliphatic rings. The Morgan fingerprint density at radius 3 is 2.33 bits per heavy atom. The van der Waals surface area contributed by atoms with E-state index in [1.807, 2.05) is 20.8 Å². The molecule has 3 heteroatoms. The topological polar surface area (TPSA) is 46.5 Å². The summed E-state index contributed by atoms with van der Waals surface area (Å²) in [5.74, 6) is 0.270. The van der Waals surface area contributed by atoms with Crippen LogP contribution in [0.3, 0.4) is 0 Å². The van der Waals surface area contributed by atoms with Crippen LogP contribution in [0.4, 0.5) is 0 Å². The molecule has 0 amide bonds. The van der Waals surface area contributed by atoms with Crippen LogP contribution in [-0.2, 0) is 9.53 Å². The Morgan fingerprint density at radius 2 is 1.83 bits per heavy atom. The fourth-order valence-electron chi connectivity index (χ4n) is 2.56. The molecule has 0 heterocycles. The molecule has 1 saturated carbocycles. The molecule has 1 atom stereocenters. The summed E-state index contributed by atoms with van der Waals surface area (Å²) in [6, 6.07) is 0. The zero-order valence-corrected chi connectivity index (χ0v) is 12.1. The van der Waals surface area contributed by atoms with Crippen LogP contribution >= 0.6 is 0 Å². The summed E-state index contributed by atoms with van der Waals surface area (Å²) < 4.78 is 5.22. The van der Waals surface area contributed by atoms with Gasteiger partial charge in [-0.15, -0.1) is 0 Å². The van der Waals surface area contributed by atoms with Crippen LogP contribution in [-0.4, -0.2) is 17.4 Å². The first kappa shape index (κ1) is 15.5. The number of carbonyl (C=O) groups excluding carboxylic acids is 1. The van der Waals surface area contributed by atoms with Crippen LogP contribution in [0, 0.1) is 11.3 Å². The molecule has 0 aromatic heterocycles. The van der Waals surface area contributed by atoms with Gasteiger partial charge in [0.2, 0.25) is 6.29 Å². The third-order valence-corrected chi connectivity index (χ3v) is 4.56. The first-order valence-electron chi connectivity index (χ1n) is 7.41. The van der Waals surface area contributed by atoms with Gasteiger partial charge in [-0.25, -0.2) is 0 Å². The predicted octanol–water partition coefficient (Wildman–Crippen LogP) is 3.64. The van der Waals surface area contributed by atoms with Gasteiger partial charge in [0, 0.05) is 6.42 Å². The highest BCUT2D eigenvalue weighted by molar-refractivity contribution is 5.76. The fraction of sp³-hybridized carbons (Fsp3) is 0.933. The summed E-state index contributed by atoms with van der Waals surface area (Å²) in [6.07, 6.45) is 7.29. The van der Waals surface area contributed by atoms with Gasteiger partial charge in [0.15, 0.2) is 0 Å². The van der Waals surface area contributed by atoms with Crippen molar-refractivity contribution in [1.82, 2.24) is 0 Å². The molecule has 18 heavy (non-hydrogen) atoms. The standard InChI is InChI=1S/C15H28O3/c1-4-15(3,5-2)14(17)18-13(16)11-12-9-7-6-8-10-12/h12-13,16H,4-11H2,1-3H3. The van der Waals surface area contributed by atoms with Crippen LogP contribution in [0.5, 0.6) is 0 Å². The Balaban J connectivity index is 2.38. The van der Waals surface area contributed by atoms with E-state index >= 15 is 0 Å². The minimum Gasteiger partial charge on any atom is -0.436 e. The zero-order valence-electron chi connectivity index (χ0n) is 12.1. The molecule has 0 saturated heterocycles. The molecular formula is C15H28O3. The highest BCUT2D eigenvalue weighted by atomic mass is 16.6. The number of rotatable bonds is 6. The molecule has 0 radical (unpaired) electrons. The second kappa shape index (κ2) is 7.13. The molecule has 3 nitrogen and oxygen atoms in total. The summed E-state index contributed by atoms with van der Waals surface area (Å²) >= 11 is 0. The molecule has 1 fully saturated rings. The molecule has 1 N–H and O–H groups in total. The van der Waals surface area contributed by atoms with Gasteiger partial charge in [0.1, 0.15) is 0 Å². The Kier molecular flexibility index (Phi) is 6.13. The van der Waals surface area contributed by atoms with Crippen LogP contribution in [0.2, 0.25) is 0 Å². The van der Waals surface area contributed by atoms with E-state index in [9.17, 15) is 9.90 Å². The first-order valence-corrected chi connectivity index (χ1v) is 7.41. The average Bonchev–Trinajstić information content (AvgIpc) is 2.38. The number of esters is 1. The van der Waals surface area contributed by atoms with Crippen molar-refractivity contribution in [3.8, 4) is 0 Å². The van der Waals surface area contributed by atoms with Crippen LogP contribution in [0.1, 0.15) is 72.1 Å². The van der Waals surface area contributed by atoms with Gasteiger partial charge in [-0.2, -0.15) is 0 Å². The van der Waals surface area contributed by atoms with E-state index < -0.39 is 11.7 Å². The molecule has 0 bridgehead atoms. The Bertz CT molecular complexity index is 252. The lowest BCUT2D eigenvalue weighted by molar-refractivity contribution is -0.182. The van der Waals surface area contributed by atoms with E-state index in [-0.39, 0.29) is 5.97 Å². The maximum atomic E-state index is 12.0. The SMILES string of the molecule is CCC(C)(CC)C(=O)OC(O)CC1CCCCC1. The van der Waals surface area contributed by atoms with Gasteiger partial charge in [0.25, 0.3) is 0 Å². The van der Waals surface area contributed by atoms with Crippen LogP contribution in [0.15, 0.2) is 0 Å². The fourth-order valence-corrected chi connectivity index (χ4v) is 2.56. The van der Waals surface area contributed by atoms with Crippen molar-refractivity contribution in [3.63, 3.8) is 0 Å². The normalized spacial score (nSPS) is 19.6. The molecular weight excluding hydrogens is 228 g/mol. The molecule has 1 unspecified atom stereocenters. The van der Waals surface area contributed by atoms with Crippen molar-refractivity contribution in [2.24, 2.45) is 11.3 Å². The Hall–Kier alpha value is -0.570. The maximum absolute atomic E-state index is 12.0. The number of ether oxygens (including phenoxy) is 1. The minimum absolute atomic E-state index is 0.254. The number of hydrogen-bond acceptors (Lipinski definition) is 3. The molecule has 1 rings (SSSR count). The Labute approximate surface area is 111 Å². The van der Waals surface area contributed by atoms with Gasteiger partial charge in [0.05, 0.1) is 5.41 Å². The van der Waals surface area contributed by atoms with Crippen molar-refractivity contribution >= 4 is 5.97 Å². The van der Waals surface area contributed by atoms with Crippen LogP contribution in [0.25, 0.3) is 0 Å². The number of carbonyl (C=O) groups is 1. The van der Waals surface area contributed by atoms with Crippen molar-refractivity contribution in [2.45, 2.75) is 78.4 Å². The second-order valence-electron chi connectivity index (χ2n) is 5.87. The lowest BCUT2D eigenvalue weighted by atomic mass is 9.84. The third-order valence-electron chi connectivity index (χ3n) is 4.56. The van der Waals surface area contributed by atoms with Gasteiger partial charge in [-0.1, -0.05) is 46.0 Å². The van der Waals surface area contributed by atoms with Gasteiger partial charge in [-0.3, -0.25) is 4.79 Å². The Morgan fingerprint density at radius 1 is 1.28 bits per heavy atom. The van der Waals surface area contributed by atoms with Crippen molar-refractivity contribution < 1.29 is 14.6 Å². The highest BCUT2D eigenvalue weighted by Gasteiger charge is 2.33. The monoisotopic (exact) mass is 256 g/mol. The minimum atomic E-state index is -0.918. The number of aliphatic hydroxyl groups excluding tert-OH is 1. The van der Waals surface area contributed by atoms with Crippen molar-refractivity contribution in [1.29, 1.82) is 0 Å². The van der Waals surface area contributed by atoms with E-state index in [0.717, 1.165) is 25.7 Å². The lowest BCUT2D eigenvalue weighted by Crippen LogP contribution is -2.33.